The van der Waals surface area contributed by atoms with Crippen LogP contribution in [0.1, 0.15) is 12.0 Å². The van der Waals surface area contributed by atoms with Gasteiger partial charge in [0.05, 0.1) is 11.4 Å². The summed E-state index contributed by atoms with van der Waals surface area (Å²) in [5.41, 5.74) is -0.205. The molecular formula is C19H19N3O4. The molecule has 0 aliphatic carbocycles. The van der Waals surface area contributed by atoms with Crippen LogP contribution in [0.25, 0.3) is 11.8 Å². The molecule has 0 radical (unpaired) electrons. The van der Waals surface area contributed by atoms with E-state index in [2.05, 4.69) is 4.99 Å². The van der Waals surface area contributed by atoms with Crippen LogP contribution in [-0.2, 0) is 11.3 Å². The Hall–Kier alpha value is -3.19. The van der Waals surface area contributed by atoms with E-state index in [1.807, 2.05) is 0 Å². The molecule has 7 nitrogen and oxygen atoms in total. The standard InChI is InChI=1S/C19H19N3O4/c1-26-12-6-11-21-17(23)16(13-14-7-5-10-20-14)18(24)22(19(21)25)15-8-3-2-4-9-15/h2-5,7-10,13,23H,6,11-12H2,1H3. The Bertz CT molecular complexity index is 984. The molecule has 0 saturated heterocycles. The van der Waals surface area contributed by atoms with Crippen LogP contribution in [0.3, 0.4) is 0 Å². The molecule has 134 valence electrons. The summed E-state index contributed by atoms with van der Waals surface area (Å²) in [5, 5.41) is 10.6. The number of hydrogen-bond acceptors (Lipinski definition) is 5. The molecule has 3 rings (SSSR count). The third-order valence-electron chi connectivity index (χ3n) is 3.97. The smallest absolute Gasteiger partial charge is 0.338 e. The van der Waals surface area contributed by atoms with Gasteiger partial charge in [0.15, 0.2) is 0 Å². The lowest BCUT2D eigenvalue weighted by atomic mass is 10.2. The highest BCUT2D eigenvalue weighted by atomic mass is 16.5. The molecule has 0 amide bonds. The zero-order chi connectivity index (χ0) is 18.5. The minimum absolute atomic E-state index is 0.0181. The zero-order valence-corrected chi connectivity index (χ0v) is 14.3. The molecule has 1 N–H and O–H groups in total. The zero-order valence-electron chi connectivity index (χ0n) is 14.3. The molecular weight excluding hydrogens is 334 g/mol. The van der Waals surface area contributed by atoms with Gasteiger partial charge in [-0.2, -0.15) is 0 Å². The molecule has 26 heavy (non-hydrogen) atoms. The van der Waals surface area contributed by atoms with Gasteiger partial charge in [0, 0.05) is 26.5 Å². The molecule has 1 aliphatic rings. The number of hydrogen-bond donors (Lipinski definition) is 1. The molecule has 0 spiro atoms. The second kappa shape index (κ2) is 7.79. The van der Waals surface area contributed by atoms with Gasteiger partial charge in [-0.1, -0.05) is 18.2 Å². The average Bonchev–Trinajstić information content (AvgIpc) is 3.16. The van der Waals surface area contributed by atoms with E-state index in [9.17, 15) is 14.7 Å². The van der Waals surface area contributed by atoms with Gasteiger partial charge >= 0.3 is 5.69 Å². The van der Waals surface area contributed by atoms with Gasteiger partial charge in [0.25, 0.3) is 5.56 Å². The number of aromatic nitrogens is 2. The number of nitrogens with zero attached hydrogens (tertiary/aromatic N) is 3. The van der Waals surface area contributed by atoms with Crippen molar-refractivity contribution in [3.8, 4) is 11.6 Å². The van der Waals surface area contributed by atoms with Crippen molar-refractivity contribution in [1.82, 2.24) is 9.13 Å². The number of methoxy groups -OCH3 is 1. The number of benzene rings is 1. The lowest BCUT2D eigenvalue weighted by Crippen LogP contribution is -2.40. The Morgan fingerprint density at radius 2 is 2.00 bits per heavy atom. The number of ether oxygens (including phenoxy) is 1. The third-order valence-corrected chi connectivity index (χ3v) is 3.97. The van der Waals surface area contributed by atoms with Gasteiger partial charge < -0.3 is 9.84 Å². The summed E-state index contributed by atoms with van der Waals surface area (Å²) in [6, 6.07) is 8.62. The molecule has 0 bridgehead atoms. The molecule has 2 heterocycles. The summed E-state index contributed by atoms with van der Waals surface area (Å²) in [6.45, 7) is 0.653. The van der Waals surface area contributed by atoms with Gasteiger partial charge in [-0.15, -0.1) is 0 Å². The molecule has 0 fully saturated rings. The first-order valence-electron chi connectivity index (χ1n) is 8.19. The van der Waals surface area contributed by atoms with Crippen molar-refractivity contribution in [1.29, 1.82) is 0 Å². The van der Waals surface area contributed by atoms with Crippen LogP contribution in [0, 0.1) is 0 Å². The Morgan fingerprint density at radius 1 is 1.23 bits per heavy atom. The molecule has 0 unspecified atom stereocenters. The van der Waals surface area contributed by atoms with E-state index < -0.39 is 11.2 Å². The van der Waals surface area contributed by atoms with Crippen molar-refractivity contribution in [2.75, 3.05) is 13.7 Å². The topological polar surface area (TPSA) is 85.8 Å². The maximum Gasteiger partial charge on any atom is 0.338 e. The van der Waals surface area contributed by atoms with E-state index in [-0.39, 0.29) is 18.0 Å². The summed E-state index contributed by atoms with van der Waals surface area (Å²) in [4.78, 5) is 29.9. The first kappa shape index (κ1) is 17.6. The van der Waals surface area contributed by atoms with Crippen molar-refractivity contribution < 1.29 is 9.84 Å². The summed E-state index contributed by atoms with van der Waals surface area (Å²) in [6.07, 6.45) is 7.03. The monoisotopic (exact) mass is 353 g/mol. The van der Waals surface area contributed by atoms with E-state index in [4.69, 9.17) is 4.74 Å². The van der Waals surface area contributed by atoms with Crippen molar-refractivity contribution >= 4 is 12.3 Å². The largest absolute Gasteiger partial charge is 0.494 e. The van der Waals surface area contributed by atoms with Crippen LogP contribution < -0.4 is 11.2 Å². The first-order valence-corrected chi connectivity index (χ1v) is 8.19. The van der Waals surface area contributed by atoms with Crippen molar-refractivity contribution in [3.05, 3.63) is 74.6 Å². The predicted octanol–water partition coefficient (Wildman–Crippen LogP) is 1.72. The van der Waals surface area contributed by atoms with Gasteiger partial charge in [-0.25, -0.2) is 9.36 Å². The highest BCUT2D eigenvalue weighted by Crippen LogP contribution is 2.18. The number of rotatable bonds is 6. The van der Waals surface area contributed by atoms with E-state index in [1.54, 1.807) is 55.8 Å². The van der Waals surface area contributed by atoms with Crippen molar-refractivity contribution in [3.63, 3.8) is 0 Å². The van der Waals surface area contributed by atoms with Crippen LogP contribution in [0.15, 0.2) is 62.8 Å². The lowest BCUT2D eigenvalue weighted by Gasteiger charge is -2.14. The Kier molecular flexibility index (Phi) is 5.28. The summed E-state index contributed by atoms with van der Waals surface area (Å²) in [7, 11) is 1.56. The van der Waals surface area contributed by atoms with Gasteiger partial charge in [0.2, 0.25) is 5.88 Å². The number of allylic oxidation sites excluding steroid dienone is 2. The molecule has 7 heteroatoms. The van der Waals surface area contributed by atoms with E-state index in [0.29, 0.717) is 24.4 Å². The van der Waals surface area contributed by atoms with E-state index in [1.165, 1.54) is 10.6 Å². The number of aromatic hydroxyl groups is 1. The summed E-state index contributed by atoms with van der Waals surface area (Å²) in [5.74, 6) is -0.369. The number of para-hydroxylation sites is 1. The summed E-state index contributed by atoms with van der Waals surface area (Å²) < 4.78 is 7.25. The van der Waals surface area contributed by atoms with Gasteiger partial charge in [-0.3, -0.25) is 14.4 Å². The van der Waals surface area contributed by atoms with Crippen LogP contribution in [0.5, 0.6) is 5.88 Å². The molecule has 1 aliphatic heterocycles. The fourth-order valence-electron chi connectivity index (χ4n) is 2.71. The third kappa shape index (κ3) is 3.43. The lowest BCUT2D eigenvalue weighted by molar-refractivity contribution is 0.188. The average molecular weight is 353 g/mol. The van der Waals surface area contributed by atoms with Crippen LogP contribution in [0.4, 0.5) is 0 Å². The normalized spacial score (nSPS) is 14.4. The van der Waals surface area contributed by atoms with Gasteiger partial charge in [-0.05, 0) is 36.8 Å². The van der Waals surface area contributed by atoms with Crippen molar-refractivity contribution in [2.45, 2.75) is 13.0 Å². The fraction of sp³-hybridized carbons (Fsp3) is 0.211. The molecule has 0 saturated carbocycles. The van der Waals surface area contributed by atoms with Crippen LogP contribution >= 0.6 is 0 Å². The van der Waals surface area contributed by atoms with Crippen LogP contribution in [-0.4, -0.2) is 34.2 Å². The molecule has 1 aromatic carbocycles. The van der Waals surface area contributed by atoms with Gasteiger partial charge in [0.1, 0.15) is 5.56 Å². The second-order valence-corrected chi connectivity index (χ2v) is 5.70. The Labute approximate surface area is 149 Å². The van der Waals surface area contributed by atoms with Crippen LogP contribution in [0.2, 0.25) is 0 Å². The Morgan fingerprint density at radius 3 is 2.65 bits per heavy atom. The first-order chi connectivity index (χ1) is 12.6. The molecule has 2 aromatic rings. The summed E-state index contributed by atoms with van der Waals surface area (Å²) >= 11 is 0. The fourth-order valence-corrected chi connectivity index (χ4v) is 2.71. The maximum atomic E-state index is 12.9. The number of aliphatic imine (C=N–C) groups is 1. The molecule has 0 atom stereocenters. The second-order valence-electron chi connectivity index (χ2n) is 5.70. The quantitative estimate of drug-likeness (QED) is 0.801. The molecule has 1 aromatic heterocycles. The predicted molar refractivity (Wildman–Crippen MR) is 100 cm³/mol. The van der Waals surface area contributed by atoms with E-state index >= 15 is 0 Å². The Balaban J connectivity index is 2.24. The van der Waals surface area contributed by atoms with Crippen molar-refractivity contribution in [2.24, 2.45) is 4.99 Å². The highest BCUT2D eigenvalue weighted by Gasteiger charge is 2.18. The maximum absolute atomic E-state index is 12.9. The highest BCUT2D eigenvalue weighted by molar-refractivity contribution is 5.79. The minimum atomic E-state index is -0.595. The SMILES string of the molecule is COCCCn1c(O)c(C=C2C=CC=N2)c(=O)n(-c2ccccc2)c1=O. The van der Waals surface area contributed by atoms with E-state index in [0.717, 1.165) is 4.57 Å². The minimum Gasteiger partial charge on any atom is -0.494 e.